The summed E-state index contributed by atoms with van der Waals surface area (Å²) in [4.78, 5) is 4.74. The molecule has 1 aliphatic carbocycles. The summed E-state index contributed by atoms with van der Waals surface area (Å²) in [6.45, 7) is 0. The predicted molar refractivity (Wildman–Crippen MR) is 204 cm³/mol. The van der Waals surface area contributed by atoms with Crippen molar-refractivity contribution in [2.45, 2.75) is 0 Å². The van der Waals surface area contributed by atoms with Gasteiger partial charge in [0.25, 0.3) is 0 Å². The van der Waals surface area contributed by atoms with E-state index in [9.17, 15) is 0 Å². The molecule has 0 aliphatic heterocycles. The first-order valence-corrected chi connectivity index (χ1v) is 16.5. The molecule has 9 aromatic carbocycles. The van der Waals surface area contributed by atoms with Crippen molar-refractivity contribution in [1.82, 2.24) is 0 Å². The van der Waals surface area contributed by atoms with E-state index >= 15 is 0 Å². The molecule has 2 nitrogen and oxygen atoms in total. The van der Waals surface area contributed by atoms with Crippen LogP contribution < -0.4 is 9.80 Å². The summed E-state index contributed by atoms with van der Waals surface area (Å²) in [6, 6.07) is 66.0. The van der Waals surface area contributed by atoms with Gasteiger partial charge in [0.05, 0.1) is 5.69 Å². The molecule has 0 spiro atoms. The minimum Gasteiger partial charge on any atom is -0.310 e. The molecule has 224 valence electrons. The van der Waals surface area contributed by atoms with Crippen LogP contribution in [-0.2, 0) is 0 Å². The summed E-state index contributed by atoms with van der Waals surface area (Å²) in [5.41, 5.74) is 12.1. The summed E-state index contributed by atoms with van der Waals surface area (Å²) < 4.78 is 0. The SMILES string of the molecule is c1ccc(N(c2ccccc2)c2ccc3c(c2)-c2cc4ccc(N(c5ccccc5)c5ccccc5)c5ccc6ccc-3c2c6c45)cc1. The number of rotatable bonds is 6. The van der Waals surface area contributed by atoms with Crippen molar-refractivity contribution in [3.63, 3.8) is 0 Å². The number of nitrogens with zero attached hydrogens (tertiary/aromatic N) is 2. The fourth-order valence-corrected chi connectivity index (χ4v) is 7.84. The molecular weight excluding hydrogens is 581 g/mol. The van der Waals surface area contributed by atoms with Gasteiger partial charge < -0.3 is 9.80 Å². The minimum atomic E-state index is 1.14. The number of fused-ring (bicyclic) bond motifs is 3. The zero-order valence-corrected chi connectivity index (χ0v) is 26.2. The van der Waals surface area contributed by atoms with Crippen LogP contribution in [0.1, 0.15) is 0 Å². The first-order valence-electron chi connectivity index (χ1n) is 16.5. The lowest BCUT2D eigenvalue weighted by atomic mass is 9.90. The van der Waals surface area contributed by atoms with E-state index in [1.54, 1.807) is 0 Å². The van der Waals surface area contributed by atoms with Gasteiger partial charge in [0.2, 0.25) is 0 Å². The quantitative estimate of drug-likeness (QED) is 0.173. The van der Waals surface area contributed by atoms with Gasteiger partial charge in [-0.2, -0.15) is 0 Å². The molecule has 0 amide bonds. The minimum absolute atomic E-state index is 1.14. The Labute approximate surface area is 279 Å². The second-order valence-electron chi connectivity index (χ2n) is 12.5. The number of benzene rings is 9. The molecule has 0 atom stereocenters. The zero-order valence-electron chi connectivity index (χ0n) is 26.2. The van der Waals surface area contributed by atoms with E-state index in [0.717, 1.165) is 28.4 Å². The van der Waals surface area contributed by atoms with Gasteiger partial charge in [-0.3, -0.25) is 0 Å². The van der Waals surface area contributed by atoms with Gasteiger partial charge in [-0.15, -0.1) is 0 Å². The van der Waals surface area contributed by atoms with E-state index in [4.69, 9.17) is 0 Å². The lowest BCUT2D eigenvalue weighted by molar-refractivity contribution is 1.28. The largest absolute Gasteiger partial charge is 0.310 e. The van der Waals surface area contributed by atoms with E-state index in [-0.39, 0.29) is 0 Å². The average molecular weight is 611 g/mol. The van der Waals surface area contributed by atoms with Crippen LogP contribution in [0.5, 0.6) is 0 Å². The molecular formula is C46H30N2. The van der Waals surface area contributed by atoms with Crippen LogP contribution in [0, 0.1) is 0 Å². The highest BCUT2D eigenvalue weighted by molar-refractivity contribution is 6.33. The molecule has 9 aromatic rings. The average Bonchev–Trinajstić information content (AvgIpc) is 3.47. The Hall–Kier alpha value is -6.38. The smallest absolute Gasteiger partial charge is 0.0540 e. The van der Waals surface area contributed by atoms with E-state index in [1.165, 1.54) is 60.3 Å². The Bertz CT molecular complexity index is 2520. The number of hydrogen-bond acceptors (Lipinski definition) is 2. The Morgan fingerprint density at radius 2 is 0.792 bits per heavy atom. The highest BCUT2D eigenvalue weighted by Gasteiger charge is 2.27. The maximum atomic E-state index is 2.43. The number of para-hydroxylation sites is 4. The normalized spacial score (nSPS) is 11.8. The van der Waals surface area contributed by atoms with Crippen molar-refractivity contribution < 1.29 is 0 Å². The van der Waals surface area contributed by atoms with Crippen LogP contribution in [0.4, 0.5) is 34.1 Å². The van der Waals surface area contributed by atoms with E-state index in [1.807, 2.05) is 0 Å². The van der Waals surface area contributed by atoms with Gasteiger partial charge in [0.1, 0.15) is 0 Å². The van der Waals surface area contributed by atoms with Crippen LogP contribution in [-0.4, -0.2) is 0 Å². The molecule has 2 heteroatoms. The molecule has 0 unspecified atom stereocenters. The van der Waals surface area contributed by atoms with E-state index < -0.39 is 0 Å². The summed E-state index contributed by atoms with van der Waals surface area (Å²) >= 11 is 0. The number of hydrogen-bond donors (Lipinski definition) is 0. The third-order valence-corrected chi connectivity index (χ3v) is 9.88. The van der Waals surface area contributed by atoms with Crippen molar-refractivity contribution in [1.29, 1.82) is 0 Å². The molecule has 0 saturated carbocycles. The van der Waals surface area contributed by atoms with E-state index in [0.29, 0.717) is 0 Å². The van der Waals surface area contributed by atoms with Crippen LogP contribution in [0.15, 0.2) is 182 Å². The van der Waals surface area contributed by atoms with Gasteiger partial charge in [-0.05, 0) is 122 Å². The standard InChI is InChI=1S/C46H30N2/c1-5-13-33(14-6-1)47(34-15-7-2-8-16-34)37-24-27-38-39-25-21-31-22-26-40-43(48(35-17-9-3-10-18-35)36-19-11-4-12-20-36)28-23-32-29-42(41(38)30-37)46(39)45(31)44(32)40/h1-30H. The molecule has 0 radical (unpaired) electrons. The van der Waals surface area contributed by atoms with Gasteiger partial charge in [-0.25, -0.2) is 0 Å². The molecule has 0 N–H and O–H groups in total. The maximum absolute atomic E-state index is 2.43. The summed E-state index contributed by atoms with van der Waals surface area (Å²) in [7, 11) is 0. The summed E-state index contributed by atoms with van der Waals surface area (Å²) in [5, 5.41) is 7.83. The molecule has 0 aromatic heterocycles. The van der Waals surface area contributed by atoms with Gasteiger partial charge in [-0.1, -0.05) is 109 Å². The van der Waals surface area contributed by atoms with Crippen molar-refractivity contribution in [2.75, 3.05) is 9.80 Å². The topological polar surface area (TPSA) is 6.48 Å². The first-order chi connectivity index (χ1) is 23.8. The molecule has 48 heavy (non-hydrogen) atoms. The van der Waals surface area contributed by atoms with E-state index in [2.05, 4.69) is 192 Å². The Morgan fingerprint density at radius 1 is 0.271 bits per heavy atom. The molecule has 0 saturated heterocycles. The third-order valence-electron chi connectivity index (χ3n) is 9.88. The predicted octanol–water partition coefficient (Wildman–Crippen LogP) is 13.2. The molecule has 0 heterocycles. The second-order valence-corrected chi connectivity index (χ2v) is 12.5. The lowest BCUT2D eigenvalue weighted by Crippen LogP contribution is -2.10. The van der Waals surface area contributed by atoms with Gasteiger partial charge >= 0.3 is 0 Å². The van der Waals surface area contributed by atoms with Crippen molar-refractivity contribution in [3.05, 3.63) is 182 Å². The van der Waals surface area contributed by atoms with Crippen molar-refractivity contribution >= 4 is 66.4 Å². The Kier molecular flexibility index (Phi) is 5.91. The monoisotopic (exact) mass is 610 g/mol. The Morgan fingerprint density at radius 3 is 1.40 bits per heavy atom. The van der Waals surface area contributed by atoms with Crippen LogP contribution in [0.25, 0.3) is 54.6 Å². The summed E-state index contributed by atoms with van der Waals surface area (Å²) in [6.07, 6.45) is 0. The van der Waals surface area contributed by atoms with Gasteiger partial charge in [0.15, 0.2) is 0 Å². The van der Waals surface area contributed by atoms with Gasteiger partial charge in [0, 0.05) is 33.8 Å². The maximum Gasteiger partial charge on any atom is 0.0540 e. The molecule has 0 fully saturated rings. The number of anilines is 6. The van der Waals surface area contributed by atoms with Crippen LogP contribution >= 0.6 is 0 Å². The summed E-state index contributed by atoms with van der Waals surface area (Å²) in [5.74, 6) is 0. The molecule has 0 bridgehead atoms. The lowest BCUT2D eigenvalue weighted by Gasteiger charge is -2.27. The van der Waals surface area contributed by atoms with Crippen molar-refractivity contribution in [2.24, 2.45) is 0 Å². The van der Waals surface area contributed by atoms with Crippen LogP contribution in [0.2, 0.25) is 0 Å². The fraction of sp³-hybridized carbons (Fsp3) is 0. The third kappa shape index (κ3) is 4.00. The van der Waals surface area contributed by atoms with Crippen LogP contribution in [0.3, 0.4) is 0 Å². The zero-order chi connectivity index (χ0) is 31.6. The Balaban J connectivity index is 1.21. The molecule has 10 rings (SSSR count). The highest BCUT2D eigenvalue weighted by Crippen LogP contribution is 2.54. The second kappa shape index (κ2) is 10.6. The highest BCUT2D eigenvalue weighted by atomic mass is 15.1. The molecule has 1 aliphatic rings. The van der Waals surface area contributed by atoms with Crippen molar-refractivity contribution in [3.8, 4) is 22.3 Å². The first kappa shape index (κ1) is 26.8. The fourth-order valence-electron chi connectivity index (χ4n) is 7.84.